The molecule has 1 saturated carbocycles. The van der Waals surface area contributed by atoms with Crippen molar-refractivity contribution in [3.63, 3.8) is 0 Å². The highest BCUT2D eigenvalue weighted by Crippen LogP contribution is 2.43. The molecule has 15 heavy (non-hydrogen) atoms. The van der Waals surface area contributed by atoms with Gasteiger partial charge in [-0.25, -0.2) is 0 Å². The van der Waals surface area contributed by atoms with Gasteiger partial charge in [0.15, 0.2) is 0 Å². The van der Waals surface area contributed by atoms with Gasteiger partial charge in [0.05, 0.1) is 11.6 Å². The Hall–Kier alpha value is -0.380. The van der Waals surface area contributed by atoms with Gasteiger partial charge in [-0.15, -0.1) is 11.3 Å². The number of rotatable bonds is 3. The Balaban J connectivity index is 2.26. The van der Waals surface area contributed by atoms with Crippen LogP contribution in [0.25, 0.3) is 0 Å². The highest BCUT2D eigenvalue weighted by molar-refractivity contribution is 7.10. The van der Waals surface area contributed by atoms with Crippen molar-refractivity contribution < 1.29 is 4.74 Å². The molecule has 0 saturated heterocycles. The molecule has 0 bridgehead atoms. The van der Waals surface area contributed by atoms with Gasteiger partial charge >= 0.3 is 0 Å². The zero-order chi connectivity index (χ0) is 10.9. The number of methoxy groups -OCH3 is 1. The van der Waals surface area contributed by atoms with Crippen molar-refractivity contribution in [2.24, 2.45) is 5.73 Å². The van der Waals surface area contributed by atoms with Gasteiger partial charge < -0.3 is 10.5 Å². The molecule has 84 valence electrons. The van der Waals surface area contributed by atoms with Crippen molar-refractivity contribution in [2.45, 2.75) is 44.2 Å². The minimum absolute atomic E-state index is 0.0463. The first kappa shape index (κ1) is 11.1. The number of ether oxygens (including phenoxy) is 1. The van der Waals surface area contributed by atoms with Gasteiger partial charge in [-0.2, -0.15) is 0 Å². The maximum Gasteiger partial charge on any atom is 0.0878 e. The molecule has 1 heterocycles. The third-order valence-corrected chi connectivity index (χ3v) is 4.71. The van der Waals surface area contributed by atoms with Gasteiger partial charge in [0.2, 0.25) is 0 Å². The van der Waals surface area contributed by atoms with Crippen molar-refractivity contribution in [3.8, 4) is 0 Å². The first-order valence-electron chi connectivity index (χ1n) is 5.54. The summed E-state index contributed by atoms with van der Waals surface area (Å²) in [4.78, 5) is 1.29. The van der Waals surface area contributed by atoms with Crippen LogP contribution < -0.4 is 5.73 Å². The lowest BCUT2D eigenvalue weighted by Gasteiger charge is -2.33. The van der Waals surface area contributed by atoms with E-state index >= 15 is 0 Å². The molecule has 0 aromatic carbocycles. The van der Waals surface area contributed by atoms with Crippen LogP contribution >= 0.6 is 11.3 Å². The van der Waals surface area contributed by atoms with E-state index in [0.29, 0.717) is 0 Å². The molecular weight excluding hydrogens is 206 g/mol. The zero-order valence-corrected chi connectivity index (χ0v) is 10.3. The van der Waals surface area contributed by atoms with Crippen molar-refractivity contribution >= 4 is 11.3 Å². The van der Waals surface area contributed by atoms with Crippen molar-refractivity contribution in [2.75, 3.05) is 7.11 Å². The van der Waals surface area contributed by atoms with E-state index in [4.69, 9.17) is 10.5 Å². The summed E-state index contributed by atoms with van der Waals surface area (Å²) in [5.74, 6) is 0. The lowest BCUT2D eigenvalue weighted by Crippen LogP contribution is -2.40. The predicted octanol–water partition coefficient (Wildman–Crippen LogP) is 3.02. The molecule has 2 rings (SSSR count). The second-order valence-corrected chi connectivity index (χ2v) is 5.37. The highest BCUT2D eigenvalue weighted by atomic mass is 32.1. The van der Waals surface area contributed by atoms with Crippen LogP contribution in [-0.4, -0.2) is 12.7 Å². The van der Waals surface area contributed by atoms with Crippen molar-refractivity contribution in [3.05, 3.63) is 21.9 Å². The molecule has 2 N–H and O–H groups in total. The van der Waals surface area contributed by atoms with Crippen LogP contribution in [-0.2, 0) is 4.74 Å². The topological polar surface area (TPSA) is 35.2 Å². The van der Waals surface area contributed by atoms with Crippen LogP contribution in [0.1, 0.15) is 42.2 Å². The molecule has 1 unspecified atom stereocenters. The number of aryl methyl sites for hydroxylation is 1. The second-order valence-electron chi connectivity index (χ2n) is 4.42. The summed E-state index contributed by atoms with van der Waals surface area (Å²) in [6.07, 6.45) is 4.68. The van der Waals surface area contributed by atoms with Gasteiger partial charge in [0.1, 0.15) is 0 Å². The van der Waals surface area contributed by atoms with Gasteiger partial charge in [-0.1, -0.05) is 12.8 Å². The molecule has 0 radical (unpaired) electrons. The summed E-state index contributed by atoms with van der Waals surface area (Å²) in [6, 6.07) is 2.18. The van der Waals surface area contributed by atoms with Crippen LogP contribution in [0.2, 0.25) is 0 Å². The average Bonchev–Trinajstić information content (AvgIpc) is 2.86. The van der Waals surface area contributed by atoms with Gasteiger partial charge in [-0.05, 0) is 36.8 Å². The van der Waals surface area contributed by atoms with Crippen LogP contribution in [0.5, 0.6) is 0 Å². The molecule has 0 spiro atoms. The van der Waals surface area contributed by atoms with Crippen LogP contribution in [0.15, 0.2) is 11.4 Å². The molecule has 1 atom stereocenters. The summed E-state index contributed by atoms with van der Waals surface area (Å²) >= 11 is 1.75. The van der Waals surface area contributed by atoms with E-state index in [-0.39, 0.29) is 11.6 Å². The smallest absolute Gasteiger partial charge is 0.0878 e. The maximum absolute atomic E-state index is 6.38. The Labute approximate surface area is 95.4 Å². The van der Waals surface area contributed by atoms with Gasteiger partial charge in [-0.3, -0.25) is 0 Å². The molecular formula is C12H19NOS. The Morgan fingerprint density at radius 2 is 2.13 bits per heavy atom. The fourth-order valence-corrected chi connectivity index (χ4v) is 3.59. The minimum Gasteiger partial charge on any atom is -0.376 e. The molecule has 1 aromatic rings. The summed E-state index contributed by atoms with van der Waals surface area (Å²) < 4.78 is 5.72. The SMILES string of the molecule is COC1(C(N)c2sccc2C)CCCC1. The molecule has 1 aliphatic rings. The van der Waals surface area contributed by atoms with Crippen LogP contribution in [0.4, 0.5) is 0 Å². The average molecular weight is 225 g/mol. The second kappa shape index (κ2) is 4.24. The Morgan fingerprint density at radius 1 is 1.47 bits per heavy atom. The van der Waals surface area contributed by atoms with E-state index in [9.17, 15) is 0 Å². The largest absolute Gasteiger partial charge is 0.376 e. The molecule has 1 aromatic heterocycles. The van der Waals surface area contributed by atoms with E-state index < -0.39 is 0 Å². The molecule has 0 aliphatic heterocycles. The number of nitrogens with two attached hydrogens (primary N) is 1. The monoisotopic (exact) mass is 225 g/mol. The number of thiophene rings is 1. The van der Waals surface area contributed by atoms with E-state index in [0.717, 1.165) is 12.8 Å². The summed E-state index contributed by atoms with van der Waals surface area (Å²) in [6.45, 7) is 2.13. The first-order valence-corrected chi connectivity index (χ1v) is 6.42. The lowest BCUT2D eigenvalue weighted by molar-refractivity contribution is -0.0257. The fraction of sp³-hybridized carbons (Fsp3) is 0.667. The van der Waals surface area contributed by atoms with Gasteiger partial charge in [0, 0.05) is 12.0 Å². The Morgan fingerprint density at radius 3 is 2.60 bits per heavy atom. The third-order valence-electron chi connectivity index (χ3n) is 3.61. The molecule has 0 amide bonds. The minimum atomic E-state index is -0.102. The predicted molar refractivity (Wildman–Crippen MR) is 64.2 cm³/mol. The fourth-order valence-electron chi connectivity index (χ4n) is 2.56. The molecule has 3 heteroatoms. The van der Waals surface area contributed by atoms with Crippen LogP contribution in [0, 0.1) is 6.92 Å². The van der Waals surface area contributed by atoms with Crippen molar-refractivity contribution in [1.82, 2.24) is 0 Å². The standard InChI is InChI=1S/C12H19NOS/c1-9-5-8-15-10(9)11(13)12(14-2)6-3-4-7-12/h5,8,11H,3-4,6-7,13H2,1-2H3. The van der Waals surface area contributed by atoms with Crippen LogP contribution in [0.3, 0.4) is 0 Å². The third kappa shape index (κ3) is 1.84. The zero-order valence-electron chi connectivity index (χ0n) is 9.45. The number of hydrogen-bond donors (Lipinski definition) is 1. The number of hydrogen-bond acceptors (Lipinski definition) is 3. The quantitative estimate of drug-likeness (QED) is 0.858. The first-order chi connectivity index (χ1) is 7.19. The van der Waals surface area contributed by atoms with E-state index in [2.05, 4.69) is 18.4 Å². The van der Waals surface area contributed by atoms with Gasteiger partial charge in [0.25, 0.3) is 0 Å². The summed E-state index contributed by atoms with van der Waals surface area (Å²) in [5, 5.41) is 2.11. The van der Waals surface area contributed by atoms with E-state index in [1.807, 2.05) is 0 Å². The molecule has 2 nitrogen and oxygen atoms in total. The van der Waals surface area contributed by atoms with E-state index in [1.165, 1.54) is 23.3 Å². The lowest BCUT2D eigenvalue weighted by atomic mass is 9.90. The normalized spacial score (nSPS) is 21.8. The van der Waals surface area contributed by atoms with Crippen molar-refractivity contribution in [1.29, 1.82) is 0 Å². The van der Waals surface area contributed by atoms with E-state index in [1.54, 1.807) is 18.4 Å². The Kier molecular flexibility index (Phi) is 3.14. The molecule has 1 aliphatic carbocycles. The highest BCUT2D eigenvalue weighted by Gasteiger charge is 2.41. The Bertz CT molecular complexity index is 328. The summed E-state index contributed by atoms with van der Waals surface area (Å²) in [5.41, 5.74) is 7.58. The summed E-state index contributed by atoms with van der Waals surface area (Å²) in [7, 11) is 1.80. The maximum atomic E-state index is 6.38. The molecule has 1 fully saturated rings.